The molecule has 0 radical (unpaired) electrons. The van der Waals surface area contributed by atoms with Gasteiger partial charge in [0.25, 0.3) is 0 Å². The third-order valence-corrected chi connectivity index (χ3v) is 3.49. The van der Waals surface area contributed by atoms with E-state index in [9.17, 15) is 4.79 Å². The van der Waals surface area contributed by atoms with Gasteiger partial charge >= 0.3 is 0 Å². The first-order valence-corrected chi connectivity index (χ1v) is 8.60. The average Bonchev–Trinajstić information content (AvgIpc) is 2.65. The summed E-state index contributed by atoms with van der Waals surface area (Å²) in [7, 11) is 0. The number of carbonyl (C=O) groups is 1. The van der Waals surface area contributed by atoms with E-state index < -0.39 is 5.91 Å². The lowest BCUT2D eigenvalue weighted by molar-refractivity contribution is 0.100. The van der Waals surface area contributed by atoms with E-state index in [1.54, 1.807) is 30.5 Å². The van der Waals surface area contributed by atoms with Crippen LogP contribution in [0.2, 0.25) is 0 Å². The highest BCUT2D eigenvalue weighted by molar-refractivity contribution is 5.93. The standard InChI is InChI=1S/C19H24N6O/c1-2-12-22-18-15(6-4-3-5-11-20)13-23-19(25-18)24-16-9-7-14(8-10-16)17(21)26/h7-10,13H,2-3,5,11-12,20H2,1H3,(H2,21,26)(H2,22,23,24,25). The highest BCUT2D eigenvalue weighted by atomic mass is 16.1. The number of carbonyl (C=O) groups excluding carboxylic acids is 1. The highest BCUT2D eigenvalue weighted by Gasteiger charge is 2.06. The predicted octanol–water partition coefficient (Wildman–Crippen LogP) is 2.23. The number of hydrogen-bond donors (Lipinski definition) is 4. The number of primary amides is 1. The van der Waals surface area contributed by atoms with E-state index in [2.05, 4.69) is 39.4 Å². The molecular formula is C19H24N6O. The van der Waals surface area contributed by atoms with Crippen LogP contribution >= 0.6 is 0 Å². The molecule has 26 heavy (non-hydrogen) atoms. The monoisotopic (exact) mass is 352 g/mol. The second-order valence-corrected chi connectivity index (χ2v) is 5.64. The SMILES string of the molecule is CCCNc1nc(Nc2ccc(C(N)=O)cc2)ncc1C#CCCCN. The van der Waals surface area contributed by atoms with Gasteiger partial charge < -0.3 is 22.1 Å². The molecule has 1 amide bonds. The Morgan fingerprint density at radius 2 is 2.04 bits per heavy atom. The number of nitrogens with zero attached hydrogens (tertiary/aromatic N) is 2. The van der Waals surface area contributed by atoms with Crippen molar-refractivity contribution in [3.8, 4) is 11.8 Å². The molecule has 0 aliphatic heterocycles. The van der Waals surface area contributed by atoms with Gasteiger partial charge in [0.1, 0.15) is 5.82 Å². The van der Waals surface area contributed by atoms with Crippen LogP contribution in [0.5, 0.6) is 0 Å². The van der Waals surface area contributed by atoms with Crippen molar-refractivity contribution in [3.05, 3.63) is 41.6 Å². The van der Waals surface area contributed by atoms with Crippen molar-refractivity contribution in [1.82, 2.24) is 9.97 Å². The average molecular weight is 352 g/mol. The lowest BCUT2D eigenvalue weighted by Gasteiger charge is -2.10. The van der Waals surface area contributed by atoms with Crippen LogP contribution < -0.4 is 22.1 Å². The Morgan fingerprint density at radius 1 is 1.27 bits per heavy atom. The van der Waals surface area contributed by atoms with Gasteiger partial charge in [0.05, 0.1) is 11.8 Å². The number of benzene rings is 1. The normalized spacial score (nSPS) is 9.92. The Kier molecular flexibility index (Phi) is 7.40. The number of unbranched alkanes of at least 4 members (excludes halogenated alkanes) is 1. The molecule has 6 N–H and O–H groups in total. The number of anilines is 3. The largest absolute Gasteiger partial charge is 0.369 e. The van der Waals surface area contributed by atoms with Crippen molar-refractivity contribution in [2.75, 3.05) is 23.7 Å². The van der Waals surface area contributed by atoms with Crippen molar-refractivity contribution in [1.29, 1.82) is 0 Å². The molecule has 0 aliphatic rings. The van der Waals surface area contributed by atoms with Crippen molar-refractivity contribution in [2.24, 2.45) is 11.5 Å². The Balaban J connectivity index is 2.17. The first kappa shape index (κ1) is 19.2. The maximum Gasteiger partial charge on any atom is 0.248 e. The lowest BCUT2D eigenvalue weighted by atomic mass is 10.2. The first-order chi connectivity index (χ1) is 12.6. The zero-order chi connectivity index (χ0) is 18.8. The summed E-state index contributed by atoms with van der Waals surface area (Å²) in [5, 5.41) is 6.39. The van der Waals surface area contributed by atoms with Gasteiger partial charge in [-0.1, -0.05) is 18.8 Å². The fourth-order valence-electron chi connectivity index (χ4n) is 2.11. The summed E-state index contributed by atoms with van der Waals surface area (Å²) in [5.74, 6) is 6.87. The van der Waals surface area contributed by atoms with Gasteiger partial charge in [-0.15, -0.1) is 0 Å². The summed E-state index contributed by atoms with van der Waals surface area (Å²) >= 11 is 0. The Bertz CT molecular complexity index is 792. The molecule has 0 spiro atoms. The maximum atomic E-state index is 11.1. The molecule has 2 rings (SSSR count). The second-order valence-electron chi connectivity index (χ2n) is 5.64. The van der Waals surface area contributed by atoms with Gasteiger partial charge in [-0.2, -0.15) is 4.98 Å². The molecule has 7 heteroatoms. The smallest absolute Gasteiger partial charge is 0.248 e. The van der Waals surface area contributed by atoms with Gasteiger partial charge in [-0.3, -0.25) is 4.79 Å². The van der Waals surface area contributed by atoms with Crippen LogP contribution in [0.25, 0.3) is 0 Å². The number of nitrogens with one attached hydrogen (secondary N) is 2. The number of aromatic nitrogens is 2. The Labute approximate surface area is 153 Å². The Morgan fingerprint density at radius 3 is 2.69 bits per heavy atom. The van der Waals surface area contributed by atoms with Crippen LogP contribution in [-0.4, -0.2) is 29.0 Å². The number of amides is 1. The summed E-state index contributed by atoms with van der Waals surface area (Å²) in [6.07, 6.45) is 4.28. The van der Waals surface area contributed by atoms with Gasteiger partial charge in [-0.05, 0) is 43.7 Å². The molecule has 136 valence electrons. The molecule has 0 aliphatic carbocycles. The summed E-state index contributed by atoms with van der Waals surface area (Å²) < 4.78 is 0. The molecule has 1 heterocycles. The summed E-state index contributed by atoms with van der Waals surface area (Å²) in [6.45, 7) is 3.50. The van der Waals surface area contributed by atoms with Crippen LogP contribution in [0.3, 0.4) is 0 Å². The van der Waals surface area contributed by atoms with Crippen LogP contribution in [0.4, 0.5) is 17.5 Å². The van der Waals surface area contributed by atoms with Crippen LogP contribution in [0, 0.1) is 11.8 Å². The predicted molar refractivity (Wildman–Crippen MR) is 104 cm³/mol. The van der Waals surface area contributed by atoms with E-state index >= 15 is 0 Å². The molecule has 0 unspecified atom stereocenters. The zero-order valence-electron chi connectivity index (χ0n) is 14.9. The van der Waals surface area contributed by atoms with Gasteiger partial charge in [0.15, 0.2) is 0 Å². The Hall–Kier alpha value is -3.11. The van der Waals surface area contributed by atoms with Crippen molar-refractivity contribution < 1.29 is 4.79 Å². The fraction of sp³-hybridized carbons (Fsp3) is 0.316. The van der Waals surface area contributed by atoms with E-state index in [0.717, 1.165) is 37.1 Å². The van der Waals surface area contributed by atoms with E-state index in [1.165, 1.54) is 0 Å². The van der Waals surface area contributed by atoms with Crippen LogP contribution in [0.1, 0.15) is 42.1 Å². The van der Waals surface area contributed by atoms with Gasteiger partial charge in [0.2, 0.25) is 11.9 Å². The molecular weight excluding hydrogens is 328 g/mol. The number of hydrogen-bond acceptors (Lipinski definition) is 6. The third kappa shape index (κ3) is 5.76. The van der Waals surface area contributed by atoms with Crippen molar-refractivity contribution >= 4 is 23.4 Å². The minimum absolute atomic E-state index is 0.447. The quantitative estimate of drug-likeness (QED) is 0.427. The minimum atomic E-state index is -0.462. The number of nitrogens with two attached hydrogens (primary N) is 2. The summed E-state index contributed by atoms with van der Waals surface area (Å²) in [6, 6.07) is 6.81. The summed E-state index contributed by atoms with van der Waals surface area (Å²) in [5.41, 5.74) is 12.7. The maximum absolute atomic E-state index is 11.1. The topological polar surface area (TPSA) is 119 Å². The van der Waals surface area contributed by atoms with E-state index in [1.807, 2.05) is 0 Å². The molecule has 0 fully saturated rings. The van der Waals surface area contributed by atoms with Crippen LogP contribution in [0.15, 0.2) is 30.5 Å². The molecule has 0 bridgehead atoms. The molecule has 0 saturated heterocycles. The summed E-state index contributed by atoms with van der Waals surface area (Å²) in [4.78, 5) is 20.0. The highest BCUT2D eigenvalue weighted by Crippen LogP contribution is 2.18. The van der Waals surface area contributed by atoms with Crippen LogP contribution in [-0.2, 0) is 0 Å². The third-order valence-electron chi connectivity index (χ3n) is 3.49. The van der Waals surface area contributed by atoms with E-state index in [-0.39, 0.29) is 0 Å². The van der Waals surface area contributed by atoms with Gasteiger partial charge in [0, 0.05) is 24.2 Å². The van der Waals surface area contributed by atoms with Gasteiger partial charge in [-0.25, -0.2) is 4.98 Å². The zero-order valence-corrected chi connectivity index (χ0v) is 14.9. The number of rotatable bonds is 8. The lowest BCUT2D eigenvalue weighted by Crippen LogP contribution is -2.10. The molecule has 0 saturated carbocycles. The van der Waals surface area contributed by atoms with Crippen molar-refractivity contribution in [2.45, 2.75) is 26.2 Å². The molecule has 2 aromatic rings. The fourth-order valence-corrected chi connectivity index (χ4v) is 2.11. The van der Waals surface area contributed by atoms with Crippen molar-refractivity contribution in [3.63, 3.8) is 0 Å². The molecule has 1 aromatic carbocycles. The van der Waals surface area contributed by atoms with E-state index in [0.29, 0.717) is 23.9 Å². The minimum Gasteiger partial charge on any atom is -0.369 e. The van der Waals surface area contributed by atoms with E-state index in [4.69, 9.17) is 11.5 Å². The molecule has 0 atom stereocenters. The molecule has 7 nitrogen and oxygen atoms in total. The molecule has 1 aromatic heterocycles. The first-order valence-electron chi connectivity index (χ1n) is 8.60. The second kappa shape index (κ2) is 10.0.